The molecule has 0 saturated carbocycles. The third kappa shape index (κ3) is 2.81. The molecule has 3 rings (SSSR count). The third-order valence-corrected chi connectivity index (χ3v) is 4.12. The van der Waals surface area contributed by atoms with Gasteiger partial charge < -0.3 is 15.0 Å². The lowest BCUT2D eigenvalue weighted by molar-refractivity contribution is -0.140. The Morgan fingerprint density at radius 1 is 1.43 bits per heavy atom. The molecule has 0 fully saturated rings. The summed E-state index contributed by atoms with van der Waals surface area (Å²) in [5, 5.41) is 4.72. The molecule has 2 N–H and O–H groups in total. The van der Waals surface area contributed by atoms with E-state index in [1.807, 2.05) is 19.9 Å². The van der Waals surface area contributed by atoms with Crippen molar-refractivity contribution >= 4 is 34.2 Å². The molecule has 1 aliphatic rings. The first-order valence-electron chi connectivity index (χ1n) is 7.62. The van der Waals surface area contributed by atoms with Gasteiger partial charge >= 0.3 is 5.97 Å². The summed E-state index contributed by atoms with van der Waals surface area (Å²) >= 11 is 6.12. The number of nitrogens with zero attached hydrogens (tertiary/aromatic N) is 1. The van der Waals surface area contributed by atoms with E-state index in [9.17, 15) is 4.79 Å². The molecular formula is C17H20ClN3O2. The summed E-state index contributed by atoms with van der Waals surface area (Å²) in [6.07, 6.45) is 3.14. The predicted octanol–water partition coefficient (Wildman–Crippen LogP) is 3.39. The number of carbonyl (C=O) groups is 1. The van der Waals surface area contributed by atoms with Crippen molar-refractivity contribution < 1.29 is 9.53 Å². The fraction of sp³-hybridized carbons (Fsp3) is 0.412. The number of esters is 1. The van der Waals surface area contributed by atoms with Crippen LogP contribution in [0.25, 0.3) is 16.6 Å². The van der Waals surface area contributed by atoms with E-state index in [1.165, 1.54) is 0 Å². The van der Waals surface area contributed by atoms with E-state index in [2.05, 4.69) is 29.1 Å². The van der Waals surface area contributed by atoms with Crippen LogP contribution in [0.5, 0.6) is 0 Å². The Bertz CT molecular complexity index is 806. The number of rotatable bonds is 2. The Labute approximate surface area is 140 Å². The van der Waals surface area contributed by atoms with Crippen LogP contribution in [0.4, 0.5) is 0 Å². The van der Waals surface area contributed by atoms with E-state index in [0.29, 0.717) is 17.1 Å². The molecule has 0 atom stereocenters. The SMILES string of the molecule is CC(C)OC(=O)C1=CNCC(C)(C)c2c1[nH]c1ncc(Cl)cc21. The predicted molar refractivity (Wildman–Crippen MR) is 91.3 cm³/mol. The maximum absolute atomic E-state index is 12.5. The highest BCUT2D eigenvalue weighted by atomic mass is 35.5. The zero-order valence-electron chi connectivity index (χ0n) is 13.7. The maximum atomic E-state index is 12.5. The van der Waals surface area contributed by atoms with Crippen LogP contribution >= 0.6 is 11.6 Å². The minimum Gasteiger partial charge on any atom is -0.459 e. The lowest BCUT2D eigenvalue weighted by Crippen LogP contribution is -2.29. The molecule has 3 heterocycles. The van der Waals surface area contributed by atoms with Crippen molar-refractivity contribution in [3.63, 3.8) is 0 Å². The molecule has 0 aromatic carbocycles. The van der Waals surface area contributed by atoms with Gasteiger partial charge in [-0.05, 0) is 25.5 Å². The molecule has 0 amide bonds. The summed E-state index contributed by atoms with van der Waals surface area (Å²) in [6.45, 7) is 8.60. The van der Waals surface area contributed by atoms with Crippen LogP contribution in [0, 0.1) is 0 Å². The molecule has 2 aromatic heterocycles. The first-order valence-corrected chi connectivity index (χ1v) is 8.00. The second kappa shape index (κ2) is 5.57. The molecule has 1 aliphatic heterocycles. The van der Waals surface area contributed by atoms with E-state index in [0.717, 1.165) is 22.3 Å². The molecule has 0 aliphatic carbocycles. The van der Waals surface area contributed by atoms with Gasteiger partial charge in [-0.25, -0.2) is 9.78 Å². The maximum Gasteiger partial charge on any atom is 0.342 e. The molecule has 0 radical (unpaired) electrons. The Morgan fingerprint density at radius 3 is 2.87 bits per heavy atom. The van der Waals surface area contributed by atoms with Crippen molar-refractivity contribution in [3.05, 3.63) is 34.7 Å². The van der Waals surface area contributed by atoms with Gasteiger partial charge in [0.25, 0.3) is 0 Å². The Kier molecular flexibility index (Phi) is 3.84. The Balaban J connectivity index is 2.23. The summed E-state index contributed by atoms with van der Waals surface area (Å²) in [4.78, 5) is 20.1. The van der Waals surface area contributed by atoms with Crippen LogP contribution in [0.2, 0.25) is 5.02 Å². The highest BCUT2D eigenvalue weighted by molar-refractivity contribution is 6.31. The molecule has 6 heteroatoms. The number of hydrogen-bond donors (Lipinski definition) is 2. The van der Waals surface area contributed by atoms with E-state index in [1.54, 1.807) is 12.4 Å². The normalized spacial score (nSPS) is 16.5. The molecule has 5 nitrogen and oxygen atoms in total. The minimum absolute atomic E-state index is 0.180. The van der Waals surface area contributed by atoms with Crippen molar-refractivity contribution in [3.8, 4) is 0 Å². The van der Waals surface area contributed by atoms with Gasteiger partial charge in [-0.1, -0.05) is 25.4 Å². The van der Waals surface area contributed by atoms with Gasteiger partial charge in [-0.3, -0.25) is 0 Å². The van der Waals surface area contributed by atoms with Gasteiger partial charge in [-0.15, -0.1) is 0 Å². The first kappa shape index (κ1) is 15.9. The molecule has 23 heavy (non-hydrogen) atoms. The molecule has 0 unspecified atom stereocenters. The Morgan fingerprint density at radius 2 is 2.17 bits per heavy atom. The molecule has 0 bridgehead atoms. The van der Waals surface area contributed by atoms with Crippen LogP contribution in [-0.2, 0) is 14.9 Å². The van der Waals surface area contributed by atoms with E-state index < -0.39 is 0 Å². The van der Waals surface area contributed by atoms with E-state index >= 15 is 0 Å². The lowest BCUT2D eigenvalue weighted by Gasteiger charge is -2.24. The van der Waals surface area contributed by atoms with Crippen molar-refractivity contribution in [1.82, 2.24) is 15.3 Å². The largest absolute Gasteiger partial charge is 0.459 e. The zero-order chi connectivity index (χ0) is 16.8. The van der Waals surface area contributed by atoms with Gasteiger partial charge in [0.1, 0.15) is 5.65 Å². The van der Waals surface area contributed by atoms with Gasteiger partial charge in [0.05, 0.1) is 22.4 Å². The monoisotopic (exact) mass is 333 g/mol. The average Bonchev–Trinajstić information content (AvgIpc) is 2.75. The topological polar surface area (TPSA) is 67.0 Å². The third-order valence-electron chi connectivity index (χ3n) is 3.92. The number of nitrogens with one attached hydrogen (secondary N) is 2. The van der Waals surface area contributed by atoms with Crippen molar-refractivity contribution in [2.45, 2.75) is 39.2 Å². The highest BCUT2D eigenvalue weighted by Crippen LogP contribution is 2.38. The fourth-order valence-electron chi connectivity index (χ4n) is 2.96. The number of ether oxygens (including phenoxy) is 1. The lowest BCUT2D eigenvalue weighted by atomic mass is 9.82. The molecule has 2 aromatic rings. The molecule has 0 spiro atoms. The number of fused-ring (bicyclic) bond motifs is 3. The standard InChI is InChI=1S/C17H20ClN3O2/c1-9(2)23-16(22)12-7-19-8-17(3,4)13-11-5-10(18)6-20-15(11)21-14(12)13/h5-7,9,19H,8H2,1-4H3,(H,20,21). The van der Waals surface area contributed by atoms with E-state index in [-0.39, 0.29) is 17.5 Å². The fourth-order valence-corrected chi connectivity index (χ4v) is 3.12. The summed E-state index contributed by atoms with van der Waals surface area (Å²) in [5.41, 5.74) is 2.77. The quantitative estimate of drug-likeness (QED) is 0.827. The van der Waals surface area contributed by atoms with Crippen LogP contribution in [0.15, 0.2) is 18.5 Å². The molecule has 0 saturated heterocycles. The van der Waals surface area contributed by atoms with Gasteiger partial charge in [-0.2, -0.15) is 0 Å². The summed E-state index contributed by atoms with van der Waals surface area (Å²) < 4.78 is 5.38. The number of H-pyrrole nitrogens is 1. The minimum atomic E-state index is -0.357. The van der Waals surface area contributed by atoms with Gasteiger partial charge in [0, 0.05) is 29.7 Å². The summed E-state index contributed by atoms with van der Waals surface area (Å²) in [5.74, 6) is -0.357. The number of aromatic amines is 1. The number of aromatic nitrogens is 2. The van der Waals surface area contributed by atoms with Crippen molar-refractivity contribution in [2.75, 3.05) is 6.54 Å². The van der Waals surface area contributed by atoms with Crippen LogP contribution in [0.1, 0.15) is 39.0 Å². The Hall–Kier alpha value is -2.01. The van der Waals surface area contributed by atoms with Crippen LogP contribution < -0.4 is 5.32 Å². The first-order chi connectivity index (χ1) is 10.8. The van der Waals surface area contributed by atoms with Gasteiger partial charge in [0.15, 0.2) is 0 Å². The highest BCUT2D eigenvalue weighted by Gasteiger charge is 2.33. The van der Waals surface area contributed by atoms with Crippen molar-refractivity contribution in [2.24, 2.45) is 0 Å². The van der Waals surface area contributed by atoms with Crippen molar-refractivity contribution in [1.29, 1.82) is 0 Å². The zero-order valence-corrected chi connectivity index (χ0v) is 14.4. The molecule has 122 valence electrons. The number of carbonyl (C=O) groups excluding carboxylic acids is 1. The number of hydrogen-bond acceptors (Lipinski definition) is 4. The number of halogens is 1. The average molecular weight is 334 g/mol. The van der Waals surface area contributed by atoms with E-state index in [4.69, 9.17) is 16.3 Å². The molecular weight excluding hydrogens is 314 g/mol. The second-order valence-electron chi connectivity index (χ2n) is 6.70. The number of pyridine rings is 1. The summed E-state index contributed by atoms with van der Waals surface area (Å²) in [6, 6.07) is 1.89. The van der Waals surface area contributed by atoms with Crippen LogP contribution in [-0.4, -0.2) is 28.6 Å². The van der Waals surface area contributed by atoms with Gasteiger partial charge in [0.2, 0.25) is 0 Å². The van der Waals surface area contributed by atoms with Crippen LogP contribution in [0.3, 0.4) is 0 Å². The smallest absolute Gasteiger partial charge is 0.342 e. The second-order valence-corrected chi connectivity index (χ2v) is 7.14. The summed E-state index contributed by atoms with van der Waals surface area (Å²) in [7, 11) is 0.